The first-order chi connectivity index (χ1) is 11.7. The Kier molecular flexibility index (Phi) is 7.49. The van der Waals surface area contributed by atoms with Crippen molar-refractivity contribution in [2.24, 2.45) is 5.92 Å². The second kappa shape index (κ2) is 9.61. The van der Waals surface area contributed by atoms with Gasteiger partial charge in [-0.3, -0.25) is 9.69 Å². The number of hydrogen-bond donors (Lipinski definition) is 1. The molecule has 0 unspecified atom stereocenters. The summed E-state index contributed by atoms with van der Waals surface area (Å²) in [4.78, 5) is 16.5. The number of nitrogens with zero attached hydrogens (tertiary/aromatic N) is 4. The van der Waals surface area contributed by atoms with Gasteiger partial charge in [0.2, 0.25) is 5.91 Å². The SMILES string of the molecule is N#CCCN(CCC#N)C(=O)CN1CCC[C@@H]1[C@H]1CCCC[C@@H]1O. The van der Waals surface area contributed by atoms with Crippen LogP contribution in [0.25, 0.3) is 0 Å². The summed E-state index contributed by atoms with van der Waals surface area (Å²) in [5, 5.41) is 27.8. The first-order valence-electron chi connectivity index (χ1n) is 9.11. The highest BCUT2D eigenvalue weighted by Crippen LogP contribution is 2.34. The van der Waals surface area contributed by atoms with Crippen molar-refractivity contribution in [1.82, 2.24) is 9.80 Å². The fourth-order valence-corrected chi connectivity index (χ4v) is 4.13. The molecule has 3 atom stereocenters. The van der Waals surface area contributed by atoms with Crippen molar-refractivity contribution in [2.75, 3.05) is 26.2 Å². The third-order valence-corrected chi connectivity index (χ3v) is 5.37. The summed E-state index contributed by atoms with van der Waals surface area (Å²) >= 11 is 0. The molecular weight excluding hydrogens is 304 g/mol. The van der Waals surface area contributed by atoms with Crippen LogP contribution in [-0.2, 0) is 4.79 Å². The van der Waals surface area contributed by atoms with Crippen LogP contribution in [0.15, 0.2) is 0 Å². The minimum absolute atomic E-state index is 0.00213. The summed E-state index contributed by atoms with van der Waals surface area (Å²) in [7, 11) is 0. The van der Waals surface area contributed by atoms with E-state index in [-0.39, 0.29) is 24.0 Å². The van der Waals surface area contributed by atoms with Gasteiger partial charge in [-0.05, 0) is 32.2 Å². The molecular formula is C18H28N4O2. The molecule has 1 aliphatic carbocycles. The quantitative estimate of drug-likeness (QED) is 0.765. The number of carbonyl (C=O) groups excluding carboxylic acids is 1. The van der Waals surface area contributed by atoms with E-state index < -0.39 is 0 Å². The van der Waals surface area contributed by atoms with Gasteiger partial charge in [-0.1, -0.05) is 12.8 Å². The van der Waals surface area contributed by atoms with Crippen molar-refractivity contribution in [3.05, 3.63) is 0 Å². The van der Waals surface area contributed by atoms with Crippen LogP contribution < -0.4 is 0 Å². The van der Waals surface area contributed by atoms with E-state index in [0.29, 0.717) is 32.5 Å². The highest BCUT2D eigenvalue weighted by molar-refractivity contribution is 5.78. The van der Waals surface area contributed by atoms with E-state index >= 15 is 0 Å². The summed E-state index contributed by atoms with van der Waals surface area (Å²) in [6, 6.07) is 4.42. The van der Waals surface area contributed by atoms with Crippen LogP contribution in [0.1, 0.15) is 51.4 Å². The second-order valence-electron chi connectivity index (χ2n) is 6.89. The molecule has 2 rings (SSSR count). The van der Waals surface area contributed by atoms with E-state index in [2.05, 4.69) is 17.0 Å². The Morgan fingerprint density at radius 2 is 1.75 bits per heavy atom. The molecule has 0 radical (unpaired) electrons. The molecule has 0 aromatic carbocycles. The number of hydrogen-bond acceptors (Lipinski definition) is 5. The number of aliphatic hydroxyl groups excluding tert-OH is 1. The Bertz CT molecular complexity index is 478. The minimum Gasteiger partial charge on any atom is -0.393 e. The molecule has 6 nitrogen and oxygen atoms in total. The summed E-state index contributed by atoms with van der Waals surface area (Å²) in [6.45, 7) is 2.01. The van der Waals surface area contributed by atoms with Crippen LogP contribution in [0.3, 0.4) is 0 Å². The maximum atomic E-state index is 12.6. The normalized spacial score (nSPS) is 27.4. The lowest BCUT2D eigenvalue weighted by Crippen LogP contribution is -2.47. The molecule has 0 aromatic rings. The molecule has 1 heterocycles. The number of nitriles is 2. The minimum atomic E-state index is -0.243. The van der Waals surface area contributed by atoms with Crippen molar-refractivity contribution in [2.45, 2.75) is 63.5 Å². The van der Waals surface area contributed by atoms with Crippen molar-refractivity contribution in [3.8, 4) is 12.1 Å². The number of aliphatic hydroxyl groups is 1. The van der Waals surface area contributed by atoms with Crippen molar-refractivity contribution < 1.29 is 9.90 Å². The van der Waals surface area contributed by atoms with Crippen LogP contribution >= 0.6 is 0 Å². The first kappa shape index (κ1) is 18.7. The lowest BCUT2D eigenvalue weighted by molar-refractivity contribution is -0.133. The maximum absolute atomic E-state index is 12.6. The van der Waals surface area contributed by atoms with E-state index in [1.807, 2.05) is 0 Å². The third-order valence-electron chi connectivity index (χ3n) is 5.37. The molecule has 1 saturated carbocycles. The topological polar surface area (TPSA) is 91.4 Å². The van der Waals surface area contributed by atoms with Gasteiger partial charge in [0.1, 0.15) is 0 Å². The predicted octanol–water partition coefficient (Wildman–Crippen LogP) is 1.66. The van der Waals surface area contributed by atoms with Crippen LogP contribution in [-0.4, -0.2) is 59.1 Å². The average Bonchev–Trinajstić information content (AvgIpc) is 3.03. The number of carbonyl (C=O) groups is 1. The maximum Gasteiger partial charge on any atom is 0.236 e. The Morgan fingerprint density at radius 3 is 2.38 bits per heavy atom. The Hall–Kier alpha value is -1.63. The van der Waals surface area contributed by atoms with Gasteiger partial charge < -0.3 is 10.0 Å². The largest absolute Gasteiger partial charge is 0.393 e. The fourth-order valence-electron chi connectivity index (χ4n) is 4.13. The molecule has 1 saturated heterocycles. The van der Waals surface area contributed by atoms with Crippen LogP contribution in [0.4, 0.5) is 0 Å². The average molecular weight is 332 g/mol. The molecule has 6 heteroatoms. The van der Waals surface area contributed by atoms with E-state index in [1.165, 1.54) is 0 Å². The monoisotopic (exact) mass is 332 g/mol. The van der Waals surface area contributed by atoms with Gasteiger partial charge in [0.15, 0.2) is 0 Å². The van der Waals surface area contributed by atoms with Gasteiger partial charge in [-0.15, -0.1) is 0 Å². The van der Waals surface area contributed by atoms with Gasteiger partial charge in [-0.25, -0.2) is 0 Å². The zero-order valence-corrected chi connectivity index (χ0v) is 14.4. The molecule has 24 heavy (non-hydrogen) atoms. The lowest BCUT2D eigenvalue weighted by Gasteiger charge is -2.37. The molecule has 1 aliphatic heterocycles. The second-order valence-corrected chi connectivity index (χ2v) is 6.89. The highest BCUT2D eigenvalue weighted by atomic mass is 16.3. The Morgan fingerprint density at radius 1 is 1.08 bits per heavy atom. The van der Waals surface area contributed by atoms with Gasteiger partial charge in [-0.2, -0.15) is 10.5 Å². The van der Waals surface area contributed by atoms with Gasteiger partial charge >= 0.3 is 0 Å². The molecule has 0 aromatic heterocycles. The summed E-state index contributed by atoms with van der Waals surface area (Å²) < 4.78 is 0. The van der Waals surface area contributed by atoms with Gasteiger partial charge in [0.25, 0.3) is 0 Å². The molecule has 0 spiro atoms. The zero-order chi connectivity index (χ0) is 17.4. The van der Waals surface area contributed by atoms with Crippen LogP contribution in [0.2, 0.25) is 0 Å². The van der Waals surface area contributed by atoms with E-state index in [4.69, 9.17) is 10.5 Å². The van der Waals surface area contributed by atoms with Crippen LogP contribution in [0.5, 0.6) is 0 Å². The first-order valence-corrected chi connectivity index (χ1v) is 9.11. The Balaban J connectivity index is 1.94. The summed E-state index contributed by atoms with van der Waals surface area (Å²) in [6.07, 6.45) is 6.64. The number of amides is 1. The third kappa shape index (κ3) is 4.93. The number of rotatable bonds is 7. The standard InChI is InChI=1S/C18H28N4O2/c19-9-4-12-21(13-5-10-20)18(24)14-22-11-3-7-16(22)15-6-1-2-8-17(15)23/h15-17,23H,1-8,11-14H2/t15-,16-,17+/m1/s1. The molecule has 2 fully saturated rings. The summed E-state index contributed by atoms with van der Waals surface area (Å²) in [5.41, 5.74) is 0. The van der Waals surface area contributed by atoms with Gasteiger partial charge in [0.05, 0.1) is 37.6 Å². The molecule has 2 aliphatic rings. The van der Waals surface area contributed by atoms with E-state index in [1.54, 1.807) is 4.90 Å². The zero-order valence-electron chi connectivity index (χ0n) is 14.4. The molecule has 132 valence electrons. The fraction of sp³-hybridized carbons (Fsp3) is 0.833. The highest BCUT2D eigenvalue weighted by Gasteiger charge is 2.37. The molecule has 1 amide bonds. The summed E-state index contributed by atoms with van der Waals surface area (Å²) in [5.74, 6) is 0.276. The lowest BCUT2D eigenvalue weighted by atomic mass is 9.80. The van der Waals surface area contributed by atoms with Crippen molar-refractivity contribution in [3.63, 3.8) is 0 Å². The molecule has 1 N–H and O–H groups in total. The van der Waals surface area contributed by atoms with Gasteiger partial charge in [0, 0.05) is 25.0 Å². The van der Waals surface area contributed by atoms with E-state index in [0.717, 1.165) is 45.1 Å². The smallest absolute Gasteiger partial charge is 0.236 e. The molecule has 0 bridgehead atoms. The van der Waals surface area contributed by atoms with Crippen molar-refractivity contribution >= 4 is 5.91 Å². The van der Waals surface area contributed by atoms with Crippen molar-refractivity contribution in [1.29, 1.82) is 10.5 Å². The Labute approximate surface area is 144 Å². The van der Waals surface area contributed by atoms with Crippen LogP contribution in [0, 0.1) is 28.6 Å². The number of likely N-dealkylation sites (tertiary alicyclic amines) is 1. The predicted molar refractivity (Wildman–Crippen MR) is 89.6 cm³/mol. The van der Waals surface area contributed by atoms with E-state index in [9.17, 15) is 9.90 Å².